The van der Waals surface area contributed by atoms with Crippen LogP contribution in [0.4, 0.5) is 11.4 Å². The van der Waals surface area contributed by atoms with Gasteiger partial charge in [0.2, 0.25) is 5.91 Å². The Morgan fingerprint density at radius 3 is 2.73 bits per heavy atom. The summed E-state index contributed by atoms with van der Waals surface area (Å²) in [5, 5.41) is 9.60. The number of amides is 1. The number of carbonyl (C=O) groups is 1. The minimum absolute atomic E-state index is 0.0307. The number of hydrogen-bond acceptors (Lipinski definition) is 4. The van der Waals surface area contributed by atoms with Crippen LogP contribution in [0.5, 0.6) is 0 Å². The summed E-state index contributed by atoms with van der Waals surface area (Å²) in [6.07, 6.45) is 1.49. The molecule has 1 aromatic carbocycles. The molecule has 1 amide bonds. The van der Waals surface area contributed by atoms with Gasteiger partial charge in [-0.05, 0) is 46.6 Å². The number of carbonyl (C=O) groups excluding carboxylic acids is 1. The standard InChI is InChI=1S/C14H14Br2N4O2/c1-8-5-9(15)3-4-10(8)19-12(21)7-17-11-6-18-20(2)14(22)13(11)16/h3-6,17H,7H2,1-2H3,(H,19,21). The lowest BCUT2D eigenvalue weighted by Gasteiger charge is -2.11. The normalized spacial score (nSPS) is 10.4. The molecule has 0 unspecified atom stereocenters. The van der Waals surface area contributed by atoms with Crippen molar-refractivity contribution in [2.75, 3.05) is 17.2 Å². The average Bonchev–Trinajstić information content (AvgIpc) is 2.47. The number of nitrogens with one attached hydrogen (secondary N) is 2. The van der Waals surface area contributed by atoms with Crippen molar-refractivity contribution in [3.63, 3.8) is 0 Å². The molecule has 1 aromatic heterocycles. The molecule has 1 heterocycles. The molecule has 0 aliphatic carbocycles. The molecule has 0 saturated carbocycles. The second-order valence-corrected chi connectivity index (χ2v) is 6.37. The lowest BCUT2D eigenvalue weighted by atomic mass is 10.2. The van der Waals surface area contributed by atoms with Crippen molar-refractivity contribution in [3.05, 3.63) is 49.3 Å². The van der Waals surface area contributed by atoms with Crippen molar-refractivity contribution < 1.29 is 4.79 Å². The topological polar surface area (TPSA) is 76.0 Å². The zero-order valence-electron chi connectivity index (χ0n) is 12.0. The fraction of sp³-hybridized carbons (Fsp3) is 0.214. The minimum Gasteiger partial charge on any atom is -0.374 e. The molecule has 0 spiro atoms. The number of halogens is 2. The van der Waals surface area contributed by atoms with E-state index in [0.29, 0.717) is 10.2 Å². The maximum absolute atomic E-state index is 12.0. The van der Waals surface area contributed by atoms with Crippen LogP contribution in [0.3, 0.4) is 0 Å². The van der Waals surface area contributed by atoms with Crippen LogP contribution in [0.25, 0.3) is 0 Å². The third kappa shape index (κ3) is 3.95. The summed E-state index contributed by atoms with van der Waals surface area (Å²) in [7, 11) is 1.56. The summed E-state index contributed by atoms with van der Waals surface area (Å²) in [5.74, 6) is -0.210. The highest BCUT2D eigenvalue weighted by Crippen LogP contribution is 2.20. The van der Waals surface area contributed by atoms with Gasteiger partial charge in [0.05, 0.1) is 18.4 Å². The third-order valence-electron chi connectivity index (χ3n) is 2.98. The molecule has 116 valence electrons. The molecule has 0 bridgehead atoms. The van der Waals surface area contributed by atoms with Crippen LogP contribution in [-0.2, 0) is 11.8 Å². The van der Waals surface area contributed by atoms with E-state index >= 15 is 0 Å². The SMILES string of the molecule is Cc1cc(Br)ccc1NC(=O)CNc1cnn(C)c(=O)c1Br. The average molecular weight is 430 g/mol. The Bertz CT molecular complexity index is 774. The zero-order valence-corrected chi connectivity index (χ0v) is 15.2. The number of rotatable bonds is 4. The Morgan fingerprint density at radius 1 is 1.32 bits per heavy atom. The molecule has 0 saturated heterocycles. The van der Waals surface area contributed by atoms with Gasteiger partial charge in [-0.2, -0.15) is 5.10 Å². The molecular weight excluding hydrogens is 416 g/mol. The van der Waals surface area contributed by atoms with E-state index in [1.165, 1.54) is 10.9 Å². The van der Waals surface area contributed by atoms with E-state index in [9.17, 15) is 9.59 Å². The van der Waals surface area contributed by atoms with Crippen molar-refractivity contribution in [1.82, 2.24) is 9.78 Å². The minimum atomic E-state index is -0.269. The summed E-state index contributed by atoms with van der Waals surface area (Å²) < 4.78 is 2.51. The van der Waals surface area contributed by atoms with Gasteiger partial charge in [-0.15, -0.1) is 0 Å². The fourth-order valence-corrected chi connectivity index (χ4v) is 2.75. The lowest BCUT2D eigenvalue weighted by molar-refractivity contribution is -0.114. The monoisotopic (exact) mass is 428 g/mol. The Morgan fingerprint density at radius 2 is 2.05 bits per heavy atom. The van der Waals surface area contributed by atoms with E-state index in [0.717, 1.165) is 15.7 Å². The lowest BCUT2D eigenvalue weighted by Crippen LogP contribution is -2.25. The van der Waals surface area contributed by atoms with Crippen molar-refractivity contribution >= 4 is 49.1 Å². The molecule has 2 rings (SSSR count). The first kappa shape index (κ1) is 16.7. The Hall–Kier alpha value is -1.67. The van der Waals surface area contributed by atoms with Gasteiger partial charge in [0.1, 0.15) is 4.47 Å². The van der Waals surface area contributed by atoms with Gasteiger partial charge < -0.3 is 10.6 Å². The summed E-state index contributed by atoms with van der Waals surface area (Å²) >= 11 is 6.57. The van der Waals surface area contributed by atoms with Gasteiger partial charge in [-0.3, -0.25) is 9.59 Å². The first-order chi connectivity index (χ1) is 10.4. The first-order valence-corrected chi connectivity index (χ1v) is 7.99. The van der Waals surface area contributed by atoms with Crippen molar-refractivity contribution in [1.29, 1.82) is 0 Å². The molecule has 6 nitrogen and oxygen atoms in total. The van der Waals surface area contributed by atoms with Crippen molar-refractivity contribution in [2.45, 2.75) is 6.92 Å². The highest BCUT2D eigenvalue weighted by atomic mass is 79.9. The maximum Gasteiger partial charge on any atom is 0.282 e. The van der Waals surface area contributed by atoms with Crippen LogP contribution >= 0.6 is 31.9 Å². The van der Waals surface area contributed by atoms with Crippen LogP contribution in [0.1, 0.15) is 5.56 Å². The molecule has 22 heavy (non-hydrogen) atoms. The van der Waals surface area contributed by atoms with Crippen molar-refractivity contribution in [2.24, 2.45) is 7.05 Å². The number of nitrogens with zero attached hydrogens (tertiary/aromatic N) is 2. The van der Waals surface area contributed by atoms with E-state index < -0.39 is 0 Å². The molecular formula is C14H14Br2N4O2. The van der Waals surface area contributed by atoms with E-state index in [-0.39, 0.29) is 18.0 Å². The van der Waals surface area contributed by atoms with Gasteiger partial charge in [0.15, 0.2) is 0 Å². The molecule has 0 fully saturated rings. The van der Waals surface area contributed by atoms with Gasteiger partial charge in [0.25, 0.3) is 5.56 Å². The Balaban J connectivity index is 2.01. The Kier molecular flexibility index (Phi) is 5.36. The largest absolute Gasteiger partial charge is 0.374 e. The summed E-state index contributed by atoms with van der Waals surface area (Å²) in [6.45, 7) is 1.94. The highest BCUT2D eigenvalue weighted by Gasteiger charge is 2.09. The fourth-order valence-electron chi connectivity index (χ4n) is 1.77. The van der Waals surface area contributed by atoms with Gasteiger partial charge in [-0.1, -0.05) is 15.9 Å². The van der Waals surface area contributed by atoms with E-state index in [4.69, 9.17) is 0 Å². The van der Waals surface area contributed by atoms with E-state index in [2.05, 4.69) is 47.6 Å². The number of aryl methyl sites for hydroxylation is 2. The summed E-state index contributed by atoms with van der Waals surface area (Å²) in [6, 6.07) is 5.61. The zero-order chi connectivity index (χ0) is 16.3. The van der Waals surface area contributed by atoms with E-state index in [1.807, 2.05) is 25.1 Å². The van der Waals surface area contributed by atoms with Crippen molar-refractivity contribution in [3.8, 4) is 0 Å². The first-order valence-electron chi connectivity index (χ1n) is 6.40. The molecule has 8 heteroatoms. The third-order valence-corrected chi connectivity index (χ3v) is 4.24. The predicted octanol–water partition coefficient (Wildman–Crippen LogP) is 2.66. The quantitative estimate of drug-likeness (QED) is 0.783. The van der Waals surface area contributed by atoms with E-state index in [1.54, 1.807) is 7.05 Å². The number of benzene rings is 1. The molecule has 0 radical (unpaired) electrons. The highest BCUT2D eigenvalue weighted by molar-refractivity contribution is 9.10. The predicted molar refractivity (Wildman–Crippen MR) is 93.2 cm³/mol. The number of hydrogen-bond donors (Lipinski definition) is 2. The number of anilines is 2. The second kappa shape index (κ2) is 7.06. The van der Waals surface area contributed by atoms with Gasteiger partial charge in [0, 0.05) is 17.2 Å². The molecule has 0 atom stereocenters. The summed E-state index contributed by atoms with van der Waals surface area (Å²) in [4.78, 5) is 23.7. The molecule has 0 aliphatic rings. The Labute approximate surface area is 144 Å². The second-order valence-electron chi connectivity index (χ2n) is 4.66. The molecule has 2 N–H and O–H groups in total. The maximum atomic E-state index is 12.0. The number of aromatic nitrogens is 2. The van der Waals surface area contributed by atoms with Crippen LogP contribution in [0.2, 0.25) is 0 Å². The molecule has 2 aromatic rings. The van der Waals surface area contributed by atoms with Gasteiger partial charge in [-0.25, -0.2) is 4.68 Å². The molecule has 0 aliphatic heterocycles. The smallest absolute Gasteiger partial charge is 0.282 e. The van der Waals surface area contributed by atoms with Crippen LogP contribution < -0.4 is 16.2 Å². The van der Waals surface area contributed by atoms with Crippen LogP contribution in [0, 0.1) is 6.92 Å². The summed E-state index contributed by atoms with van der Waals surface area (Å²) in [5.41, 5.74) is 1.91. The van der Waals surface area contributed by atoms with Gasteiger partial charge >= 0.3 is 0 Å². The van der Waals surface area contributed by atoms with Crippen LogP contribution in [0.15, 0.2) is 38.1 Å². The van der Waals surface area contributed by atoms with Crippen LogP contribution in [-0.4, -0.2) is 22.2 Å².